The van der Waals surface area contributed by atoms with Crippen LogP contribution < -0.4 is 0 Å². The van der Waals surface area contributed by atoms with Crippen LogP contribution in [-0.4, -0.2) is 18.4 Å². The molecule has 1 aromatic rings. The standard InChI is InChI=1S/C16H18ClFO3/c1-2-21-15(20)16(9-4-3-8-13(16)19)10-11-6-5-7-12(18)14(11)17/h5-7H,2-4,8-10H2,1H3. The number of ketones is 1. The molecule has 0 radical (unpaired) electrons. The van der Waals surface area contributed by atoms with Gasteiger partial charge in [-0.3, -0.25) is 9.59 Å². The van der Waals surface area contributed by atoms with E-state index in [0.29, 0.717) is 18.4 Å². The molecule has 5 heteroatoms. The Hall–Kier alpha value is -1.42. The molecule has 1 saturated carbocycles. The van der Waals surface area contributed by atoms with Gasteiger partial charge in [-0.1, -0.05) is 30.2 Å². The lowest BCUT2D eigenvalue weighted by Gasteiger charge is -2.33. The van der Waals surface area contributed by atoms with Crippen LogP contribution >= 0.6 is 11.6 Å². The average molecular weight is 313 g/mol. The zero-order chi connectivity index (χ0) is 15.5. The molecule has 0 saturated heterocycles. The summed E-state index contributed by atoms with van der Waals surface area (Å²) in [6.45, 7) is 1.92. The quantitative estimate of drug-likeness (QED) is 0.628. The summed E-state index contributed by atoms with van der Waals surface area (Å²) in [5.41, 5.74) is -0.744. The molecule has 0 aromatic heterocycles. The Morgan fingerprint density at radius 3 is 2.86 bits per heavy atom. The van der Waals surface area contributed by atoms with E-state index in [1.165, 1.54) is 12.1 Å². The van der Waals surface area contributed by atoms with E-state index in [4.69, 9.17) is 16.3 Å². The van der Waals surface area contributed by atoms with Crippen molar-refractivity contribution >= 4 is 23.4 Å². The van der Waals surface area contributed by atoms with Crippen LogP contribution in [0.15, 0.2) is 18.2 Å². The van der Waals surface area contributed by atoms with Crippen LogP contribution in [-0.2, 0) is 20.7 Å². The van der Waals surface area contributed by atoms with E-state index in [1.54, 1.807) is 13.0 Å². The maximum atomic E-state index is 13.6. The fraction of sp³-hybridized carbons (Fsp3) is 0.500. The normalized spacial score (nSPS) is 22.1. The van der Waals surface area contributed by atoms with Gasteiger partial charge < -0.3 is 4.74 Å². The second kappa shape index (κ2) is 6.56. The van der Waals surface area contributed by atoms with Gasteiger partial charge in [0.05, 0.1) is 11.6 Å². The number of halogens is 2. The lowest BCUT2D eigenvalue weighted by molar-refractivity contribution is -0.162. The molecule has 0 bridgehead atoms. The van der Waals surface area contributed by atoms with Crippen molar-refractivity contribution in [3.05, 3.63) is 34.6 Å². The Bertz CT molecular complexity index is 558. The summed E-state index contributed by atoms with van der Waals surface area (Å²) < 4.78 is 18.7. The van der Waals surface area contributed by atoms with Crippen molar-refractivity contribution in [1.29, 1.82) is 0 Å². The fourth-order valence-corrected chi connectivity index (χ4v) is 3.04. The van der Waals surface area contributed by atoms with Crippen molar-refractivity contribution in [1.82, 2.24) is 0 Å². The minimum Gasteiger partial charge on any atom is -0.465 e. The van der Waals surface area contributed by atoms with Gasteiger partial charge in [0, 0.05) is 6.42 Å². The smallest absolute Gasteiger partial charge is 0.319 e. The Kier molecular flexibility index (Phi) is 4.99. The summed E-state index contributed by atoms with van der Waals surface area (Å²) in [7, 11) is 0. The van der Waals surface area contributed by atoms with Crippen LogP contribution in [0.3, 0.4) is 0 Å². The summed E-state index contributed by atoms with van der Waals surface area (Å²) in [5.74, 6) is -1.20. The number of benzene rings is 1. The molecule has 1 fully saturated rings. The first-order chi connectivity index (χ1) is 10.0. The maximum absolute atomic E-state index is 13.6. The number of hydrogen-bond donors (Lipinski definition) is 0. The molecule has 0 aliphatic heterocycles. The minimum absolute atomic E-state index is 0.0282. The number of ether oxygens (including phenoxy) is 1. The Labute approximate surface area is 128 Å². The van der Waals surface area contributed by atoms with E-state index in [-0.39, 0.29) is 23.8 Å². The highest BCUT2D eigenvalue weighted by Gasteiger charge is 2.48. The van der Waals surface area contributed by atoms with E-state index in [9.17, 15) is 14.0 Å². The Morgan fingerprint density at radius 1 is 1.43 bits per heavy atom. The van der Waals surface area contributed by atoms with Crippen molar-refractivity contribution in [2.45, 2.75) is 39.0 Å². The van der Waals surface area contributed by atoms with Crippen LogP contribution in [0.1, 0.15) is 38.2 Å². The monoisotopic (exact) mass is 312 g/mol. The van der Waals surface area contributed by atoms with Crippen LogP contribution in [0.25, 0.3) is 0 Å². The summed E-state index contributed by atoms with van der Waals surface area (Å²) in [4.78, 5) is 24.7. The summed E-state index contributed by atoms with van der Waals surface area (Å²) in [6, 6.07) is 4.43. The minimum atomic E-state index is -1.22. The maximum Gasteiger partial charge on any atom is 0.319 e. The lowest BCUT2D eigenvalue weighted by atomic mass is 9.69. The van der Waals surface area contributed by atoms with Gasteiger partial charge >= 0.3 is 5.97 Å². The molecular formula is C16H18ClFO3. The van der Waals surface area contributed by atoms with Gasteiger partial charge in [0.2, 0.25) is 0 Å². The first-order valence-corrected chi connectivity index (χ1v) is 7.52. The number of rotatable bonds is 4. The van der Waals surface area contributed by atoms with Gasteiger partial charge in [0.1, 0.15) is 11.2 Å². The number of Topliss-reactive ketones (excluding diaryl/α,β-unsaturated/α-hetero) is 1. The zero-order valence-corrected chi connectivity index (χ0v) is 12.7. The molecule has 1 atom stereocenters. The van der Waals surface area contributed by atoms with Crippen molar-refractivity contribution in [2.24, 2.45) is 5.41 Å². The topological polar surface area (TPSA) is 43.4 Å². The van der Waals surface area contributed by atoms with E-state index in [1.807, 2.05) is 0 Å². The van der Waals surface area contributed by atoms with Crippen molar-refractivity contribution in [3.63, 3.8) is 0 Å². The lowest BCUT2D eigenvalue weighted by Crippen LogP contribution is -2.44. The summed E-state index contributed by atoms with van der Waals surface area (Å²) >= 11 is 5.97. The van der Waals surface area contributed by atoms with Crippen molar-refractivity contribution in [3.8, 4) is 0 Å². The third-order valence-electron chi connectivity index (χ3n) is 3.98. The molecule has 0 amide bonds. The van der Waals surface area contributed by atoms with Gasteiger partial charge in [-0.25, -0.2) is 4.39 Å². The third kappa shape index (κ3) is 3.10. The van der Waals surface area contributed by atoms with E-state index < -0.39 is 17.2 Å². The van der Waals surface area contributed by atoms with Gasteiger partial charge in [-0.2, -0.15) is 0 Å². The van der Waals surface area contributed by atoms with Gasteiger partial charge in [-0.15, -0.1) is 0 Å². The first kappa shape index (κ1) is 16.0. The molecule has 0 spiro atoms. The second-order valence-corrected chi connectivity index (χ2v) is 5.70. The fourth-order valence-electron chi connectivity index (χ4n) is 2.85. The predicted octanol–water partition coefficient (Wildman–Crippen LogP) is 3.71. The summed E-state index contributed by atoms with van der Waals surface area (Å²) in [5, 5.41) is -0.0282. The number of carbonyl (C=O) groups excluding carboxylic acids is 2. The molecule has 3 nitrogen and oxygen atoms in total. The van der Waals surface area contributed by atoms with E-state index >= 15 is 0 Å². The van der Waals surface area contributed by atoms with Crippen LogP contribution in [0.4, 0.5) is 4.39 Å². The Balaban J connectivity index is 2.38. The highest BCUT2D eigenvalue weighted by molar-refractivity contribution is 6.31. The van der Waals surface area contributed by atoms with Crippen LogP contribution in [0.2, 0.25) is 5.02 Å². The van der Waals surface area contributed by atoms with Gasteiger partial charge in [0.15, 0.2) is 5.78 Å². The van der Waals surface area contributed by atoms with Gasteiger partial charge in [0.25, 0.3) is 0 Å². The molecule has 1 unspecified atom stereocenters. The van der Waals surface area contributed by atoms with Gasteiger partial charge in [-0.05, 0) is 37.8 Å². The molecule has 1 aliphatic carbocycles. The number of carbonyl (C=O) groups is 2. The molecule has 1 aromatic carbocycles. The molecule has 21 heavy (non-hydrogen) atoms. The molecule has 1 aliphatic rings. The number of esters is 1. The molecule has 2 rings (SSSR count). The van der Waals surface area contributed by atoms with Crippen molar-refractivity contribution < 1.29 is 18.7 Å². The SMILES string of the molecule is CCOC(=O)C1(Cc2cccc(F)c2Cl)CCCCC1=O. The largest absolute Gasteiger partial charge is 0.465 e. The highest BCUT2D eigenvalue weighted by Crippen LogP contribution is 2.39. The predicted molar refractivity (Wildman–Crippen MR) is 77.7 cm³/mol. The first-order valence-electron chi connectivity index (χ1n) is 7.14. The number of hydrogen-bond acceptors (Lipinski definition) is 3. The molecular weight excluding hydrogens is 295 g/mol. The Morgan fingerprint density at radius 2 is 2.19 bits per heavy atom. The van der Waals surface area contributed by atoms with E-state index in [0.717, 1.165) is 12.8 Å². The third-order valence-corrected chi connectivity index (χ3v) is 4.40. The highest BCUT2D eigenvalue weighted by atomic mass is 35.5. The average Bonchev–Trinajstić information content (AvgIpc) is 2.46. The van der Waals surface area contributed by atoms with Crippen LogP contribution in [0.5, 0.6) is 0 Å². The molecule has 0 heterocycles. The second-order valence-electron chi connectivity index (χ2n) is 5.32. The van der Waals surface area contributed by atoms with E-state index in [2.05, 4.69) is 0 Å². The zero-order valence-electron chi connectivity index (χ0n) is 12.0. The van der Waals surface area contributed by atoms with Crippen LogP contribution in [0, 0.1) is 11.2 Å². The molecule has 114 valence electrons. The molecule has 0 N–H and O–H groups in total. The van der Waals surface area contributed by atoms with Crippen molar-refractivity contribution in [2.75, 3.05) is 6.61 Å². The summed E-state index contributed by atoms with van der Waals surface area (Å²) in [6.07, 6.45) is 2.43.